The molecule has 1 aromatic heterocycles. The van der Waals surface area contributed by atoms with E-state index in [0.29, 0.717) is 12.3 Å². The second kappa shape index (κ2) is 5.33. The van der Waals surface area contributed by atoms with E-state index in [2.05, 4.69) is 34.4 Å². The molecule has 1 saturated carbocycles. The first-order valence-corrected chi connectivity index (χ1v) is 6.92. The summed E-state index contributed by atoms with van der Waals surface area (Å²) >= 11 is 0. The quantitative estimate of drug-likeness (QED) is 0.735. The van der Waals surface area contributed by atoms with Crippen LogP contribution in [-0.4, -0.2) is 34.3 Å². The lowest BCUT2D eigenvalue weighted by Crippen LogP contribution is -2.33. The minimum atomic E-state index is -0.181. The van der Waals surface area contributed by atoms with Crippen LogP contribution in [0.5, 0.6) is 0 Å². The molecule has 0 bridgehead atoms. The van der Waals surface area contributed by atoms with Gasteiger partial charge in [-0.1, -0.05) is 0 Å². The van der Waals surface area contributed by atoms with E-state index < -0.39 is 0 Å². The topological polar surface area (TPSA) is 70.1 Å². The van der Waals surface area contributed by atoms with Crippen molar-refractivity contribution in [3.63, 3.8) is 0 Å². The number of aliphatic hydroxyl groups is 1. The average molecular weight is 264 g/mol. The number of anilines is 2. The fourth-order valence-corrected chi connectivity index (χ4v) is 2.09. The molecule has 106 valence electrons. The highest BCUT2D eigenvalue weighted by atomic mass is 16.3. The zero-order valence-corrected chi connectivity index (χ0v) is 12.2. The van der Waals surface area contributed by atoms with Crippen molar-refractivity contribution in [2.75, 3.05) is 24.3 Å². The zero-order valence-electron chi connectivity index (χ0n) is 12.2. The van der Waals surface area contributed by atoms with Gasteiger partial charge in [0.1, 0.15) is 17.5 Å². The molecule has 1 aliphatic carbocycles. The molecule has 1 aliphatic rings. The van der Waals surface area contributed by atoms with Gasteiger partial charge >= 0.3 is 0 Å². The average Bonchev–Trinajstić information content (AvgIpc) is 3.15. The van der Waals surface area contributed by atoms with Crippen LogP contribution in [0.3, 0.4) is 0 Å². The summed E-state index contributed by atoms with van der Waals surface area (Å²) in [5, 5.41) is 15.7. The van der Waals surface area contributed by atoms with Crippen LogP contribution in [0.2, 0.25) is 0 Å². The van der Waals surface area contributed by atoms with Crippen molar-refractivity contribution in [1.29, 1.82) is 0 Å². The molecule has 0 aromatic carbocycles. The fraction of sp³-hybridized carbons (Fsp3) is 0.714. The number of hydrogen-bond donors (Lipinski definition) is 3. The first-order chi connectivity index (χ1) is 8.96. The van der Waals surface area contributed by atoms with Gasteiger partial charge in [0, 0.05) is 30.7 Å². The molecular formula is C14H24N4O. The molecule has 0 atom stereocenters. The van der Waals surface area contributed by atoms with Crippen LogP contribution in [0, 0.1) is 6.92 Å². The molecule has 1 fully saturated rings. The smallest absolute Gasteiger partial charge is 0.136 e. The SMILES string of the molecule is CNc1nc(C2CC2)nc(NC(C)(C)CCO)c1C. The largest absolute Gasteiger partial charge is 0.396 e. The lowest BCUT2D eigenvalue weighted by atomic mass is 10.0. The highest BCUT2D eigenvalue weighted by Gasteiger charge is 2.29. The predicted octanol–water partition coefficient (Wildman–Crippen LogP) is 2.28. The second-order valence-corrected chi connectivity index (χ2v) is 5.91. The molecule has 1 aromatic rings. The van der Waals surface area contributed by atoms with Gasteiger partial charge in [0.15, 0.2) is 0 Å². The molecule has 0 radical (unpaired) electrons. The molecule has 5 heteroatoms. The van der Waals surface area contributed by atoms with Gasteiger partial charge in [0.05, 0.1) is 0 Å². The number of aromatic nitrogens is 2. The summed E-state index contributed by atoms with van der Waals surface area (Å²) in [6.45, 7) is 6.32. The fourth-order valence-electron chi connectivity index (χ4n) is 2.09. The second-order valence-electron chi connectivity index (χ2n) is 5.91. The maximum absolute atomic E-state index is 9.12. The lowest BCUT2D eigenvalue weighted by Gasteiger charge is -2.27. The van der Waals surface area contributed by atoms with E-state index in [1.54, 1.807) is 0 Å². The number of aliphatic hydroxyl groups excluding tert-OH is 1. The maximum Gasteiger partial charge on any atom is 0.136 e. The number of rotatable bonds is 6. The van der Waals surface area contributed by atoms with Gasteiger partial charge in [-0.2, -0.15) is 0 Å². The van der Waals surface area contributed by atoms with Gasteiger partial charge in [-0.05, 0) is 40.0 Å². The van der Waals surface area contributed by atoms with Gasteiger partial charge in [-0.3, -0.25) is 0 Å². The summed E-state index contributed by atoms with van der Waals surface area (Å²) in [4.78, 5) is 9.24. The van der Waals surface area contributed by atoms with Gasteiger partial charge in [0.2, 0.25) is 0 Å². The number of nitrogens with one attached hydrogen (secondary N) is 2. The first kappa shape index (κ1) is 14.1. The molecule has 1 heterocycles. The van der Waals surface area contributed by atoms with Crippen molar-refractivity contribution in [2.45, 2.75) is 51.5 Å². The summed E-state index contributed by atoms with van der Waals surface area (Å²) in [6, 6.07) is 0. The Morgan fingerprint density at radius 3 is 2.42 bits per heavy atom. The normalized spacial score (nSPS) is 15.4. The van der Waals surface area contributed by atoms with E-state index in [4.69, 9.17) is 5.11 Å². The molecule has 3 N–H and O–H groups in total. The molecular weight excluding hydrogens is 240 g/mol. The molecule has 5 nitrogen and oxygen atoms in total. The van der Waals surface area contributed by atoms with Crippen LogP contribution in [-0.2, 0) is 0 Å². The Balaban J connectivity index is 2.29. The summed E-state index contributed by atoms with van der Waals surface area (Å²) in [5.41, 5.74) is 0.845. The van der Waals surface area contributed by atoms with E-state index in [-0.39, 0.29) is 12.1 Å². The Kier molecular flexibility index (Phi) is 3.94. The Labute approximate surface area is 114 Å². The van der Waals surface area contributed by atoms with Crippen molar-refractivity contribution in [1.82, 2.24) is 9.97 Å². The van der Waals surface area contributed by atoms with E-state index in [1.807, 2.05) is 14.0 Å². The van der Waals surface area contributed by atoms with Gasteiger partial charge in [-0.25, -0.2) is 9.97 Å². The Morgan fingerprint density at radius 1 is 1.26 bits per heavy atom. The summed E-state index contributed by atoms with van der Waals surface area (Å²) in [5.74, 6) is 3.21. The Hall–Kier alpha value is -1.36. The first-order valence-electron chi connectivity index (χ1n) is 6.92. The molecule has 19 heavy (non-hydrogen) atoms. The highest BCUT2D eigenvalue weighted by Crippen LogP contribution is 2.39. The highest BCUT2D eigenvalue weighted by molar-refractivity contribution is 5.58. The molecule has 0 amide bonds. The van der Waals surface area contributed by atoms with Gasteiger partial charge in [0.25, 0.3) is 0 Å². The third kappa shape index (κ3) is 3.35. The Bertz CT molecular complexity index is 455. The number of nitrogens with zero attached hydrogens (tertiary/aromatic N) is 2. The van der Waals surface area contributed by atoms with Crippen molar-refractivity contribution in [2.24, 2.45) is 0 Å². The standard InChI is InChI=1S/C14H24N4O/c1-9-11(15-4)16-13(10-5-6-10)17-12(9)18-14(2,3)7-8-19/h10,19H,5-8H2,1-4H3,(H2,15,16,17,18). The van der Waals surface area contributed by atoms with E-state index in [0.717, 1.165) is 23.0 Å². The summed E-state index contributed by atoms with van der Waals surface area (Å²) in [6.07, 6.45) is 3.06. The molecule has 0 aliphatic heterocycles. The van der Waals surface area contributed by atoms with E-state index in [9.17, 15) is 0 Å². The molecule has 0 unspecified atom stereocenters. The van der Waals surface area contributed by atoms with Crippen LogP contribution in [0.4, 0.5) is 11.6 Å². The lowest BCUT2D eigenvalue weighted by molar-refractivity contribution is 0.260. The third-order valence-electron chi connectivity index (χ3n) is 3.54. The van der Waals surface area contributed by atoms with E-state index >= 15 is 0 Å². The minimum Gasteiger partial charge on any atom is -0.396 e. The van der Waals surface area contributed by atoms with Crippen molar-refractivity contribution >= 4 is 11.6 Å². The van der Waals surface area contributed by atoms with Crippen LogP contribution >= 0.6 is 0 Å². The molecule has 2 rings (SSSR count). The maximum atomic E-state index is 9.12. The summed E-state index contributed by atoms with van der Waals surface area (Å²) < 4.78 is 0. The van der Waals surface area contributed by atoms with Gasteiger partial charge < -0.3 is 15.7 Å². The molecule has 0 spiro atoms. The van der Waals surface area contributed by atoms with Crippen LogP contribution in [0.1, 0.15) is 50.4 Å². The van der Waals surface area contributed by atoms with Gasteiger partial charge in [-0.15, -0.1) is 0 Å². The third-order valence-corrected chi connectivity index (χ3v) is 3.54. The Morgan fingerprint density at radius 2 is 1.89 bits per heavy atom. The zero-order chi connectivity index (χ0) is 14.0. The van der Waals surface area contributed by atoms with Crippen LogP contribution in [0.15, 0.2) is 0 Å². The molecule has 0 saturated heterocycles. The minimum absolute atomic E-state index is 0.165. The summed E-state index contributed by atoms with van der Waals surface area (Å²) in [7, 11) is 1.88. The van der Waals surface area contributed by atoms with Crippen LogP contribution in [0.25, 0.3) is 0 Å². The predicted molar refractivity (Wildman–Crippen MR) is 77.7 cm³/mol. The monoisotopic (exact) mass is 264 g/mol. The number of hydrogen-bond acceptors (Lipinski definition) is 5. The van der Waals surface area contributed by atoms with Crippen molar-refractivity contribution in [3.8, 4) is 0 Å². The van der Waals surface area contributed by atoms with E-state index in [1.165, 1.54) is 12.8 Å². The van der Waals surface area contributed by atoms with Crippen molar-refractivity contribution in [3.05, 3.63) is 11.4 Å². The van der Waals surface area contributed by atoms with Crippen molar-refractivity contribution < 1.29 is 5.11 Å². The van der Waals surface area contributed by atoms with Crippen LogP contribution < -0.4 is 10.6 Å².